The Morgan fingerprint density at radius 3 is 2.70 bits per heavy atom. The molecule has 202 valence electrons. The van der Waals surface area contributed by atoms with Gasteiger partial charge in [0.05, 0.1) is 17.4 Å². The number of aliphatic hydroxyl groups is 1. The molecule has 2 aliphatic rings. The van der Waals surface area contributed by atoms with E-state index in [1.807, 2.05) is 26.2 Å². The number of benzene rings is 1. The van der Waals surface area contributed by atoms with Crippen molar-refractivity contribution < 1.29 is 19.4 Å². The van der Waals surface area contributed by atoms with Crippen molar-refractivity contribution in [2.45, 2.75) is 52.3 Å². The van der Waals surface area contributed by atoms with Crippen molar-refractivity contribution in [2.24, 2.45) is 0 Å². The number of nitrogens with one attached hydrogen (secondary N) is 2. The number of hydrogen-bond donors (Lipinski definition) is 3. The zero-order valence-corrected chi connectivity index (χ0v) is 23.6. The van der Waals surface area contributed by atoms with E-state index in [1.54, 1.807) is 23.1 Å². The smallest absolute Gasteiger partial charge is 0.410 e. The van der Waals surface area contributed by atoms with Crippen LogP contribution >= 0.6 is 22.9 Å². The molecule has 1 fully saturated rings. The second-order valence-electron chi connectivity index (χ2n) is 10.5. The number of nitrogens with zero attached hydrogens (tertiary/aromatic N) is 3. The van der Waals surface area contributed by atoms with Crippen LogP contribution in [0.4, 0.5) is 15.6 Å². The molecule has 1 unspecified atom stereocenters. The van der Waals surface area contributed by atoms with Gasteiger partial charge in [0.15, 0.2) is 5.13 Å². The van der Waals surface area contributed by atoms with E-state index in [0.29, 0.717) is 48.3 Å². The highest BCUT2D eigenvalue weighted by atomic mass is 35.5. The molecule has 11 heteroatoms. The second-order valence-corrected chi connectivity index (χ2v) is 11.7. The number of fused-ring (bicyclic) bond motifs is 1. The Balaban J connectivity index is 1.32. The lowest BCUT2D eigenvalue weighted by Crippen LogP contribution is -2.50. The number of carbonyl (C=O) groups is 1. The Morgan fingerprint density at radius 1 is 1.30 bits per heavy atom. The molecule has 1 atom stereocenters. The number of aliphatic hydroxyl groups excluding tert-OH is 1. The van der Waals surface area contributed by atoms with Gasteiger partial charge in [0.2, 0.25) is 0 Å². The average molecular weight is 550 g/mol. The van der Waals surface area contributed by atoms with Crippen molar-refractivity contribution in [1.29, 1.82) is 0 Å². The van der Waals surface area contributed by atoms with E-state index in [-0.39, 0.29) is 23.9 Å². The topological polar surface area (TPSA) is 99.2 Å². The summed E-state index contributed by atoms with van der Waals surface area (Å²) in [6, 6.07) is 3.56. The van der Waals surface area contributed by atoms with E-state index in [4.69, 9.17) is 21.1 Å². The van der Waals surface area contributed by atoms with E-state index >= 15 is 0 Å². The fourth-order valence-electron chi connectivity index (χ4n) is 4.13. The van der Waals surface area contributed by atoms with Gasteiger partial charge >= 0.3 is 6.09 Å². The van der Waals surface area contributed by atoms with Crippen molar-refractivity contribution in [3.63, 3.8) is 0 Å². The third kappa shape index (κ3) is 7.00. The van der Waals surface area contributed by atoms with Crippen molar-refractivity contribution in [2.75, 3.05) is 50.0 Å². The van der Waals surface area contributed by atoms with Crippen molar-refractivity contribution in [3.8, 4) is 5.75 Å². The number of ether oxygens (including phenoxy) is 2. The first-order valence-electron chi connectivity index (χ1n) is 12.6. The van der Waals surface area contributed by atoms with Gasteiger partial charge < -0.3 is 30.1 Å². The molecule has 2 aliphatic heterocycles. The summed E-state index contributed by atoms with van der Waals surface area (Å²) >= 11 is 8.25. The molecule has 1 saturated heterocycles. The van der Waals surface area contributed by atoms with E-state index in [0.717, 1.165) is 23.9 Å². The molecular formula is C26H36ClN5O4S. The van der Waals surface area contributed by atoms with Gasteiger partial charge in [0.1, 0.15) is 28.7 Å². The van der Waals surface area contributed by atoms with Gasteiger partial charge in [-0.05, 0) is 52.8 Å². The molecule has 0 bridgehead atoms. The highest BCUT2D eigenvalue weighted by Gasteiger charge is 2.27. The van der Waals surface area contributed by atoms with Gasteiger partial charge in [-0.15, -0.1) is 11.3 Å². The Bertz CT molecular complexity index is 1140. The van der Waals surface area contributed by atoms with E-state index in [9.17, 15) is 9.90 Å². The summed E-state index contributed by atoms with van der Waals surface area (Å²) in [5.74, 6) is 0.704. The molecule has 1 aromatic heterocycles. The maximum atomic E-state index is 12.3. The number of anilines is 2. The predicted octanol–water partition coefficient (Wildman–Crippen LogP) is 5.61. The zero-order valence-electron chi connectivity index (χ0n) is 22.0. The lowest BCUT2D eigenvalue weighted by atomic mass is 10.0. The minimum atomic E-state index is -0.494. The van der Waals surface area contributed by atoms with Crippen molar-refractivity contribution in [1.82, 2.24) is 14.8 Å². The highest BCUT2D eigenvalue weighted by Crippen LogP contribution is 2.43. The maximum Gasteiger partial charge on any atom is 0.410 e. The largest absolute Gasteiger partial charge is 0.507 e. The number of aromatic nitrogens is 1. The van der Waals surface area contributed by atoms with Crippen LogP contribution in [0.15, 0.2) is 23.6 Å². The molecule has 0 aliphatic carbocycles. The summed E-state index contributed by atoms with van der Waals surface area (Å²) in [6.07, 6.45) is 1.47. The molecule has 37 heavy (non-hydrogen) atoms. The fraction of sp³-hybridized carbons (Fsp3) is 0.538. The van der Waals surface area contributed by atoms with Gasteiger partial charge in [-0.25, -0.2) is 9.78 Å². The third-order valence-electron chi connectivity index (χ3n) is 5.95. The molecule has 9 nitrogen and oxygen atoms in total. The molecule has 0 saturated carbocycles. The van der Waals surface area contributed by atoms with Crippen LogP contribution in [0.2, 0.25) is 5.02 Å². The summed E-state index contributed by atoms with van der Waals surface area (Å²) in [4.78, 5) is 20.9. The monoisotopic (exact) mass is 549 g/mol. The van der Waals surface area contributed by atoms with Crippen LogP contribution in [0.1, 0.15) is 51.9 Å². The van der Waals surface area contributed by atoms with E-state index in [2.05, 4.69) is 34.4 Å². The zero-order chi connectivity index (χ0) is 26.7. The Hall–Kier alpha value is -2.69. The molecule has 3 N–H and O–H groups in total. The molecule has 1 aromatic carbocycles. The lowest BCUT2D eigenvalue weighted by molar-refractivity contribution is 0.0137. The first kappa shape index (κ1) is 27.3. The minimum absolute atomic E-state index is 0.154. The Labute approximate surface area is 227 Å². The third-order valence-corrected chi connectivity index (χ3v) is 7.12. The van der Waals surface area contributed by atoms with E-state index in [1.165, 1.54) is 11.3 Å². The number of thiazole rings is 1. The first-order chi connectivity index (χ1) is 17.5. The van der Waals surface area contributed by atoms with Crippen LogP contribution in [0.5, 0.6) is 5.75 Å². The van der Waals surface area contributed by atoms with Crippen molar-refractivity contribution in [3.05, 3.63) is 39.9 Å². The quantitative estimate of drug-likeness (QED) is 0.409. The maximum absolute atomic E-state index is 12.3. The first-order valence-corrected chi connectivity index (χ1v) is 13.8. The number of piperazine rings is 1. The van der Waals surface area contributed by atoms with E-state index < -0.39 is 5.60 Å². The fourth-order valence-corrected chi connectivity index (χ4v) is 5.30. The average Bonchev–Trinajstić information content (AvgIpc) is 3.28. The predicted molar refractivity (Wildman–Crippen MR) is 149 cm³/mol. The molecule has 0 radical (unpaired) electrons. The summed E-state index contributed by atoms with van der Waals surface area (Å²) in [5.41, 5.74) is 1.56. The Kier molecular flexibility index (Phi) is 8.40. The summed E-state index contributed by atoms with van der Waals surface area (Å²) < 4.78 is 11.5. The van der Waals surface area contributed by atoms with Gasteiger partial charge in [-0.1, -0.05) is 11.6 Å². The summed E-state index contributed by atoms with van der Waals surface area (Å²) in [6.45, 7) is 13.7. The molecule has 4 rings (SSSR count). The standard InChI is InChI=1S/C26H36ClN5O4S/c1-16(2)28-24-30-19(15-37-24)18-14-20(33)17-6-7-21(22(27)23(17)29-18)35-13-12-31-8-10-32(11-9-31)25(34)36-26(3,4)5/h6-7,14-16,18,29,33H,8-13H2,1-5H3,(H,28,30). The van der Waals surface area contributed by atoms with Gasteiger partial charge in [-0.2, -0.15) is 0 Å². The molecule has 2 aromatic rings. The summed E-state index contributed by atoms with van der Waals surface area (Å²) in [5, 5.41) is 20.6. The van der Waals surface area contributed by atoms with Crippen LogP contribution in [0, 0.1) is 0 Å². The van der Waals surface area contributed by atoms with Crippen LogP contribution in [0.3, 0.4) is 0 Å². The van der Waals surface area contributed by atoms with Crippen LogP contribution < -0.4 is 15.4 Å². The highest BCUT2D eigenvalue weighted by molar-refractivity contribution is 7.13. The van der Waals surface area contributed by atoms with Gasteiger partial charge in [0.25, 0.3) is 0 Å². The SMILES string of the molecule is CC(C)Nc1nc(C2C=C(O)c3ccc(OCCN4CCN(C(=O)OC(C)(C)C)CC4)c(Cl)c3N2)cs1. The molecule has 3 heterocycles. The minimum Gasteiger partial charge on any atom is -0.507 e. The number of carbonyl (C=O) groups excluding carboxylic acids is 1. The van der Waals surface area contributed by atoms with Gasteiger partial charge in [0, 0.05) is 49.7 Å². The van der Waals surface area contributed by atoms with Crippen LogP contribution in [-0.2, 0) is 4.74 Å². The molecule has 1 amide bonds. The van der Waals surface area contributed by atoms with Crippen LogP contribution in [-0.4, -0.2) is 77.0 Å². The normalized spacial score (nSPS) is 18.2. The Morgan fingerprint density at radius 2 is 2.03 bits per heavy atom. The van der Waals surface area contributed by atoms with Gasteiger partial charge in [-0.3, -0.25) is 4.90 Å². The molecular weight excluding hydrogens is 514 g/mol. The number of rotatable bonds is 7. The molecule has 0 spiro atoms. The summed E-state index contributed by atoms with van der Waals surface area (Å²) in [7, 11) is 0. The number of hydrogen-bond acceptors (Lipinski definition) is 9. The van der Waals surface area contributed by atoms with Crippen molar-refractivity contribution >= 4 is 45.6 Å². The second kappa shape index (κ2) is 11.4. The number of halogens is 1. The number of amides is 1. The lowest BCUT2D eigenvalue weighted by Gasteiger charge is -2.35. The van der Waals surface area contributed by atoms with Crippen LogP contribution in [0.25, 0.3) is 5.76 Å².